The Balaban J connectivity index is 2.01. The van der Waals surface area contributed by atoms with E-state index in [1.54, 1.807) is 0 Å². The summed E-state index contributed by atoms with van der Waals surface area (Å²) in [6.45, 7) is 7.41. The molecule has 1 unspecified atom stereocenters. The van der Waals surface area contributed by atoms with Gasteiger partial charge in [0.15, 0.2) is 5.17 Å². The Bertz CT molecular complexity index is 529. The first kappa shape index (κ1) is 14.0. The van der Waals surface area contributed by atoms with Crippen LogP contribution in [0.5, 0.6) is 0 Å². The summed E-state index contributed by atoms with van der Waals surface area (Å²) in [5.74, 6) is 0.704. The largest absolute Gasteiger partial charge is 0.335 e. The number of aryl methyl sites for hydroxylation is 1. The lowest BCUT2D eigenvalue weighted by Gasteiger charge is -2.12. The van der Waals surface area contributed by atoms with Crippen molar-refractivity contribution in [3.05, 3.63) is 29.3 Å². The zero-order chi connectivity index (χ0) is 13.8. The maximum Gasteiger partial charge on any atom is 0.161 e. The normalized spacial score (nSPS) is 18.3. The van der Waals surface area contributed by atoms with Crippen molar-refractivity contribution in [1.29, 1.82) is 5.26 Å². The van der Waals surface area contributed by atoms with Gasteiger partial charge in [0.2, 0.25) is 0 Å². The number of thioether (sulfide) groups is 1. The van der Waals surface area contributed by atoms with E-state index in [1.807, 2.05) is 36.9 Å². The van der Waals surface area contributed by atoms with Gasteiger partial charge in [-0.1, -0.05) is 31.7 Å². The molecule has 0 spiro atoms. The Morgan fingerprint density at radius 2 is 2.32 bits per heavy atom. The van der Waals surface area contributed by atoms with E-state index in [4.69, 9.17) is 5.26 Å². The van der Waals surface area contributed by atoms with Gasteiger partial charge in [0, 0.05) is 10.9 Å². The SMILES string of the molecule is Cc1ccc(C#N)cc1NC1=NCC(CC(C)C)S1. The van der Waals surface area contributed by atoms with Crippen LogP contribution >= 0.6 is 11.8 Å². The molecule has 0 radical (unpaired) electrons. The first-order chi connectivity index (χ1) is 9.08. The number of nitriles is 1. The lowest BCUT2D eigenvalue weighted by atomic mass is 10.1. The third kappa shape index (κ3) is 3.74. The Kier molecular flexibility index (Phi) is 4.49. The van der Waals surface area contributed by atoms with Crippen molar-refractivity contribution in [2.24, 2.45) is 10.9 Å². The van der Waals surface area contributed by atoms with E-state index in [-0.39, 0.29) is 0 Å². The number of nitrogens with zero attached hydrogens (tertiary/aromatic N) is 2. The fraction of sp³-hybridized carbons (Fsp3) is 0.467. The quantitative estimate of drug-likeness (QED) is 0.911. The maximum absolute atomic E-state index is 8.94. The Hall–Kier alpha value is -1.47. The predicted molar refractivity (Wildman–Crippen MR) is 82.7 cm³/mol. The van der Waals surface area contributed by atoms with Gasteiger partial charge in [0.25, 0.3) is 0 Å². The molecule has 0 saturated heterocycles. The third-order valence-electron chi connectivity index (χ3n) is 3.06. The highest BCUT2D eigenvalue weighted by molar-refractivity contribution is 8.15. The molecule has 0 aliphatic carbocycles. The number of hydrogen-bond donors (Lipinski definition) is 1. The molecular weight excluding hydrogens is 254 g/mol. The van der Waals surface area contributed by atoms with E-state index in [2.05, 4.69) is 30.2 Å². The van der Waals surface area contributed by atoms with Crippen molar-refractivity contribution in [1.82, 2.24) is 0 Å². The summed E-state index contributed by atoms with van der Waals surface area (Å²) < 4.78 is 0. The number of benzene rings is 1. The van der Waals surface area contributed by atoms with Gasteiger partial charge in [-0.25, -0.2) is 0 Å². The monoisotopic (exact) mass is 273 g/mol. The third-order valence-corrected chi connectivity index (χ3v) is 4.19. The minimum atomic E-state index is 0.585. The summed E-state index contributed by atoms with van der Waals surface area (Å²) >= 11 is 1.81. The Labute approximate surface area is 119 Å². The molecule has 0 saturated carbocycles. The standard InChI is InChI=1S/C15H19N3S/c1-10(2)6-13-9-17-15(19-13)18-14-7-12(8-16)5-4-11(14)3/h4-5,7,10,13H,6,9H2,1-3H3,(H,17,18). The van der Waals surface area contributed by atoms with Crippen LogP contribution in [0.3, 0.4) is 0 Å². The average Bonchev–Trinajstić information content (AvgIpc) is 2.78. The Morgan fingerprint density at radius 3 is 3.00 bits per heavy atom. The van der Waals surface area contributed by atoms with E-state index >= 15 is 0 Å². The number of rotatable bonds is 3. The van der Waals surface area contributed by atoms with Crippen molar-refractivity contribution >= 4 is 22.6 Å². The number of hydrogen-bond acceptors (Lipinski definition) is 4. The molecule has 19 heavy (non-hydrogen) atoms. The molecular formula is C15H19N3S. The molecule has 3 nitrogen and oxygen atoms in total. The highest BCUT2D eigenvalue weighted by Crippen LogP contribution is 2.28. The molecule has 0 aromatic heterocycles. The number of nitrogens with one attached hydrogen (secondary N) is 1. The first-order valence-corrected chi connectivity index (χ1v) is 7.45. The summed E-state index contributed by atoms with van der Waals surface area (Å²) in [5, 5.41) is 13.9. The molecule has 0 amide bonds. The van der Waals surface area contributed by atoms with Crippen LogP contribution in [-0.2, 0) is 0 Å². The molecule has 1 N–H and O–H groups in total. The minimum Gasteiger partial charge on any atom is -0.335 e. The van der Waals surface area contributed by atoms with Crippen LogP contribution in [0.2, 0.25) is 0 Å². The summed E-state index contributed by atoms with van der Waals surface area (Å²) in [6.07, 6.45) is 1.19. The lowest BCUT2D eigenvalue weighted by Crippen LogP contribution is -2.10. The Morgan fingerprint density at radius 1 is 1.53 bits per heavy atom. The van der Waals surface area contributed by atoms with E-state index in [0.29, 0.717) is 16.7 Å². The number of amidine groups is 1. The van der Waals surface area contributed by atoms with Gasteiger partial charge in [0.1, 0.15) is 0 Å². The van der Waals surface area contributed by atoms with Crippen LogP contribution < -0.4 is 5.32 Å². The number of aliphatic imine (C=N–C) groups is 1. The van der Waals surface area contributed by atoms with Crippen LogP contribution in [-0.4, -0.2) is 17.0 Å². The van der Waals surface area contributed by atoms with E-state index < -0.39 is 0 Å². The van der Waals surface area contributed by atoms with Crippen LogP contribution in [0.4, 0.5) is 5.69 Å². The fourth-order valence-electron chi connectivity index (χ4n) is 2.08. The van der Waals surface area contributed by atoms with E-state index in [1.165, 1.54) is 6.42 Å². The molecule has 1 aromatic rings. The highest BCUT2D eigenvalue weighted by atomic mass is 32.2. The van der Waals surface area contributed by atoms with Crippen LogP contribution in [0, 0.1) is 24.2 Å². The van der Waals surface area contributed by atoms with E-state index in [0.717, 1.165) is 23.0 Å². The van der Waals surface area contributed by atoms with Gasteiger partial charge in [0.05, 0.1) is 18.2 Å². The molecule has 0 fully saturated rings. The fourth-order valence-corrected chi connectivity index (χ4v) is 3.34. The van der Waals surface area contributed by atoms with Gasteiger partial charge in [-0.15, -0.1) is 0 Å². The molecule has 1 heterocycles. The molecule has 1 aliphatic rings. The maximum atomic E-state index is 8.94. The van der Waals surface area contributed by atoms with Crippen molar-refractivity contribution in [3.63, 3.8) is 0 Å². The van der Waals surface area contributed by atoms with Gasteiger partial charge in [-0.2, -0.15) is 5.26 Å². The topological polar surface area (TPSA) is 48.2 Å². The second-order valence-corrected chi connectivity index (χ2v) is 6.57. The van der Waals surface area contributed by atoms with Gasteiger partial charge < -0.3 is 5.32 Å². The molecule has 0 bridgehead atoms. The summed E-state index contributed by atoms with van der Waals surface area (Å²) in [4.78, 5) is 4.55. The van der Waals surface area contributed by atoms with Crippen molar-refractivity contribution in [3.8, 4) is 6.07 Å². The van der Waals surface area contributed by atoms with Crippen molar-refractivity contribution < 1.29 is 0 Å². The molecule has 100 valence electrons. The zero-order valence-corrected chi connectivity index (χ0v) is 12.4. The van der Waals surface area contributed by atoms with Gasteiger partial charge >= 0.3 is 0 Å². The summed E-state index contributed by atoms with van der Waals surface area (Å²) in [5.41, 5.74) is 2.79. The number of anilines is 1. The van der Waals surface area contributed by atoms with Gasteiger partial charge in [-0.05, 0) is 37.0 Å². The van der Waals surface area contributed by atoms with Gasteiger partial charge in [-0.3, -0.25) is 4.99 Å². The molecule has 1 atom stereocenters. The lowest BCUT2D eigenvalue weighted by molar-refractivity contribution is 0.575. The smallest absolute Gasteiger partial charge is 0.161 e. The predicted octanol–water partition coefficient (Wildman–Crippen LogP) is 3.80. The van der Waals surface area contributed by atoms with E-state index in [9.17, 15) is 0 Å². The zero-order valence-electron chi connectivity index (χ0n) is 11.6. The first-order valence-electron chi connectivity index (χ1n) is 6.57. The molecule has 4 heteroatoms. The van der Waals surface area contributed by atoms with Crippen molar-refractivity contribution in [2.75, 3.05) is 11.9 Å². The molecule has 1 aliphatic heterocycles. The second kappa shape index (κ2) is 6.12. The minimum absolute atomic E-state index is 0.585. The van der Waals surface area contributed by atoms with Crippen molar-refractivity contribution in [2.45, 2.75) is 32.4 Å². The second-order valence-electron chi connectivity index (χ2n) is 5.28. The van der Waals surface area contributed by atoms with Crippen LogP contribution in [0.25, 0.3) is 0 Å². The molecule has 1 aromatic carbocycles. The summed E-state index contributed by atoms with van der Waals surface area (Å²) in [6, 6.07) is 7.85. The van der Waals surface area contributed by atoms with Crippen LogP contribution in [0.15, 0.2) is 23.2 Å². The van der Waals surface area contributed by atoms with Crippen LogP contribution in [0.1, 0.15) is 31.4 Å². The summed E-state index contributed by atoms with van der Waals surface area (Å²) in [7, 11) is 0. The average molecular weight is 273 g/mol. The highest BCUT2D eigenvalue weighted by Gasteiger charge is 2.20. The molecule has 2 rings (SSSR count).